The van der Waals surface area contributed by atoms with Crippen molar-refractivity contribution in [3.8, 4) is 17.2 Å². The van der Waals surface area contributed by atoms with Gasteiger partial charge in [-0.3, -0.25) is 0 Å². The van der Waals surface area contributed by atoms with Crippen LogP contribution < -0.4 is 14.2 Å². The third-order valence-electron chi connectivity index (χ3n) is 2.98. The Labute approximate surface area is 132 Å². The number of para-hydroxylation sites is 1. The van der Waals surface area contributed by atoms with Crippen molar-refractivity contribution in [3.05, 3.63) is 33.8 Å². The number of ether oxygens (including phenoxy) is 3. The fourth-order valence-corrected chi connectivity index (χ4v) is 2.84. The Morgan fingerprint density at radius 2 is 1.91 bits per heavy atom. The van der Waals surface area contributed by atoms with Crippen molar-refractivity contribution in [3.63, 3.8) is 0 Å². The maximum absolute atomic E-state index is 11.0. The van der Waals surface area contributed by atoms with Gasteiger partial charge in [-0.1, -0.05) is 6.07 Å². The number of benzene rings is 1. The summed E-state index contributed by atoms with van der Waals surface area (Å²) in [5.74, 6) is 0.745. The highest BCUT2D eigenvalue weighted by Crippen LogP contribution is 2.36. The molecule has 118 valence electrons. The average Bonchev–Trinajstić information content (AvgIpc) is 2.88. The Kier molecular flexibility index (Phi) is 5.21. The SMILES string of the molecule is COc1cccc(OC)c1OCCc1nc(C)c(C(=O)O)s1. The van der Waals surface area contributed by atoms with E-state index in [0.717, 1.165) is 5.01 Å². The summed E-state index contributed by atoms with van der Waals surface area (Å²) in [4.78, 5) is 15.5. The van der Waals surface area contributed by atoms with E-state index >= 15 is 0 Å². The van der Waals surface area contributed by atoms with Crippen molar-refractivity contribution in [2.45, 2.75) is 13.3 Å². The quantitative estimate of drug-likeness (QED) is 0.844. The van der Waals surface area contributed by atoms with Crippen LogP contribution in [0.5, 0.6) is 17.2 Å². The fourth-order valence-electron chi connectivity index (χ4n) is 1.96. The number of carboxylic acid groups (broad SMARTS) is 1. The summed E-state index contributed by atoms with van der Waals surface area (Å²) in [7, 11) is 3.12. The van der Waals surface area contributed by atoms with Crippen molar-refractivity contribution < 1.29 is 24.1 Å². The molecule has 0 fully saturated rings. The van der Waals surface area contributed by atoms with Crippen LogP contribution in [-0.4, -0.2) is 36.9 Å². The van der Waals surface area contributed by atoms with Gasteiger partial charge in [-0.2, -0.15) is 0 Å². The molecule has 1 N–H and O–H groups in total. The molecule has 1 aromatic carbocycles. The molecule has 2 rings (SSSR count). The van der Waals surface area contributed by atoms with E-state index in [1.807, 2.05) is 6.07 Å². The monoisotopic (exact) mass is 323 g/mol. The minimum absolute atomic E-state index is 0.268. The van der Waals surface area contributed by atoms with Gasteiger partial charge in [0.25, 0.3) is 0 Å². The Hall–Kier alpha value is -2.28. The average molecular weight is 323 g/mol. The molecule has 1 heterocycles. The van der Waals surface area contributed by atoms with Gasteiger partial charge in [0.2, 0.25) is 5.75 Å². The molecule has 0 atom stereocenters. The molecule has 0 amide bonds. The molecule has 0 radical (unpaired) electrons. The smallest absolute Gasteiger partial charge is 0.347 e. The molecule has 0 bridgehead atoms. The Bertz CT molecular complexity index is 646. The molecule has 7 heteroatoms. The van der Waals surface area contributed by atoms with E-state index in [-0.39, 0.29) is 4.88 Å². The van der Waals surface area contributed by atoms with Gasteiger partial charge >= 0.3 is 5.97 Å². The minimum atomic E-state index is -0.950. The van der Waals surface area contributed by atoms with Crippen molar-refractivity contribution in [1.82, 2.24) is 4.98 Å². The molecule has 0 unspecified atom stereocenters. The number of methoxy groups -OCH3 is 2. The van der Waals surface area contributed by atoms with E-state index in [1.165, 1.54) is 11.3 Å². The van der Waals surface area contributed by atoms with E-state index in [0.29, 0.717) is 36.0 Å². The number of aryl methyl sites for hydroxylation is 1. The number of nitrogens with zero attached hydrogens (tertiary/aromatic N) is 1. The number of hydrogen-bond acceptors (Lipinski definition) is 6. The Balaban J connectivity index is 2.05. The van der Waals surface area contributed by atoms with Crippen LogP contribution in [0.25, 0.3) is 0 Å². The highest BCUT2D eigenvalue weighted by molar-refractivity contribution is 7.13. The fraction of sp³-hybridized carbons (Fsp3) is 0.333. The maximum Gasteiger partial charge on any atom is 0.347 e. The molecule has 22 heavy (non-hydrogen) atoms. The largest absolute Gasteiger partial charge is 0.493 e. The van der Waals surface area contributed by atoms with E-state index < -0.39 is 5.97 Å². The normalized spacial score (nSPS) is 10.3. The third-order valence-corrected chi connectivity index (χ3v) is 4.19. The molecule has 0 saturated carbocycles. The van der Waals surface area contributed by atoms with Crippen molar-refractivity contribution >= 4 is 17.3 Å². The lowest BCUT2D eigenvalue weighted by molar-refractivity contribution is 0.0701. The van der Waals surface area contributed by atoms with E-state index in [9.17, 15) is 4.79 Å². The van der Waals surface area contributed by atoms with Gasteiger partial charge in [-0.15, -0.1) is 11.3 Å². The molecule has 0 aliphatic heterocycles. The van der Waals surface area contributed by atoms with Gasteiger partial charge in [0.15, 0.2) is 11.5 Å². The molecule has 0 aliphatic carbocycles. The van der Waals surface area contributed by atoms with Crippen molar-refractivity contribution in [2.24, 2.45) is 0 Å². The standard InChI is InChI=1S/C15H17NO5S/c1-9-14(15(17)18)22-12(16-9)7-8-21-13-10(19-2)5-4-6-11(13)20-3/h4-6H,7-8H2,1-3H3,(H,17,18). The number of aromatic carboxylic acids is 1. The van der Waals surface area contributed by atoms with Crippen molar-refractivity contribution in [1.29, 1.82) is 0 Å². The molecule has 6 nitrogen and oxygen atoms in total. The topological polar surface area (TPSA) is 77.9 Å². The zero-order chi connectivity index (χ0) is 16.1. The number of rotatable bonds is 7. The maximum atomic E-state index is 11.0. The Morgan fingerprint density at radius 1 is 1.27 bits per heavy atom. The summed E-state index contributed by atoms with van der Waals surface area (Å²) in [6.45, 7) is 2.04. The summed E-state index contributed by atoms with van der Waals surface area (Å²) < 4.78 is 16.2. The van der Waals surface area contributed by atoms with Gasteiger partial charge in [0.1, 0.15) is 4.88 Å². The first-order chi connectivity index (χ1) is 10.6. The summed E-state index contributed by atoms with van der Waals surface area (Å²) in [6, 6.07) is 5.38. The van der Waals surface area contributed by atoms with Crippen LogP contribution in [0.3, 0.4) is 0 Å². The zero-order valence-electron chi connectivity index (χ0n) is 12.6. The number of carboxylic acids is 1. The van der Waals surface area contributed by atoms with Crippen LogP contribution in [0.15, 0.2) is 18.2 Å². The van der Waals surface area contributed by atoms with Crippen LogP contribution in [-0.2, 0) is 6.42 Å². The van der Waals surface area contributed by atoms with E-state index in [1.54, 1.807) is 33.3 Å². The summed E-state index contributed by atoms with van der Waals surface area (Å²) in [5.41, 5.74) is 0.530. The minimum Gasteiger partial charge on any atom is -0.493 e. The lowest BCUT2D eigenvalue weighted by atomic mass is 10.3. The summed E-state index contributed by atoms with van der Waals surface area (Å²) >= 11 is 1.17. The van der Waals surface area contributed by atoms with E-state index in [4.69, 9.17) is 19.3 Å². The second-order valence-corrected chi connectivity index (χ2v) is 5.50. The first-order valence-electron chi connectivity index (χ1n) is 6.60. The molecule has 0 spiro atoms. The highest BCUT2D eigenvalue weighted by atomic mass is 32.1. The number of hydrogen-bond donors (Lipinski definition) is 1. The third kappa shape index (κ3) is 3.48. The van der Waals surface area contributed by atoms with Crippen molar-refractivity contribution in [2.75, 3.05) is 20.8 Å². The highest BCUT2D eigenvalue weighted by Gasteiger charge is 2.15. The molecule has 1 aromatic heterocycles. The molecule has 0 aliphatic rings. The van der Waals surface area contributed by atoms with Gasteiger partial charge in [0.05, 0.1) is 31.5 Å². The lowest BCUT2D eigenvalue weighted by Crippen LogP contribution is -2.04. The van der Waals surface area contributed by atoms with Crippen LogP contribution in [0.4, 0.5) is 0 Å². The molecule has 0 saturated heterocycles. The Morgan fingerprint density at radius 3 is 2.41 bits per heavy atom. The second kappa shape index (κ2) is 7.13. The van der Waals surface area contributed by atoms with Gasteiger partial charge < -0.3 is 19.3 Å². The number of aromatic nitrogens is 1. The zero-order valence-corrected chi connectivity index (χ0v) is 13.4. The van der Waals surface area contributed by atoms with Crippen LogP contribution in [0.2, 0.25) is 0 Å². The van der Waals surface area contributed by atoms with Gasteiger partial charge in [-0.25, -0.2) is 9.78 Å². The van der Waals surface area contributed by atoms with Crippen LogP contribution >= 0.6 is 11.3 Å². The predicted octanol–water partition coefficient (Wildman–Crippen LogP) is 2.79. The molecular weight excluding hydrogens is 306 g/mol. The van der Waals surface area contributed by atoms with E-state index in [2.05, 4.69) is 4.98 Å². The summed E-state index contributed by atoms with van der Waals surface area (Å²) in [5, 5.41) is 9.75. The van der Waals surface area contributed by atoms with Crippen LogP contribution in [0, 0.1) is 6.92 Å². The van der Waals surface area contributed by atoms with Gasteiger partial charge in [-0.05, 0) is 19.1 Å². The number of thiazole rings is 1. The predicted molar refractivity (Wildman–Crippen MR) is 82.6 cm³/mol. The van der Waals surface area contributed by atoms with Gasteiger partial charge in [0, 0.05) is 6.42 Å². The molecular formula is C15H17NO5S. The number of carbonyl (C=O) groups is 1. The second-order valence-electron chi connectivity index (χ2n) is 4.42. The summed E-state index contributed by atoms with van der Waals surface area (Å²) in [6.07, 6.45) is 0.514. The first kappa shape index (κ1) is 16.1. The first-order valence-corrected chi connectivity index (χ1v) is 7.41. The lowest BCUT2D eigenvalue weighted by Gasteiger charge is -2.13. The van der Waals surface area contributed by atoms with Crippen LogP contribution in [0.1, 0.15) is 20.4 Å². The molecule has 2 aromatic rings.